The van der Waals surface area contributed by atoms with Gasteiger partial charge in [-0.25, -0.2) is 0 Å². The van der Waals surface area contributed by atoms with Crippen molar-refractivity contribution in [3.8, 4) is 0 Å². The molecule has 1 rings (SSSR count). The molecule has 0 bridgehead atoms. The number of nitrogens with two attached hydrogens (primary N) is 1. The smallest absolute Gasteiger partial charge is 0.0641 e. The van der Waals surface area contributed by atoms with E-state index >= 15 is 0 Å². The van der Waals surface area contributed by atoms with Gasteiger partial charge in [0, 0.05) is 48.6 Å². The minimum Gasteiger partial charge on any atom is -0.380 e. The zero-order chi connectivity index (χ0) is 14.8. The molecule has 0 saturated carbocycles. The first-order chi connectivity index (χ1) is 9.74. The molecule has 0 radical (unpaired) electrons. The van der Waals surface area contributed by atoms with Gasteiger partial charge >= 0.3 is 0 Å². The molecule has 0 aliphatic carbocycles. The van der Waals surface area contributed by atoms with Crippen molar-refractivity contribution in [2.45, 2.75) is 20.4 Å². The van der Waals surface area contributed by atoms with Crippen molar-refractivity contribution in [1.82, 2.24) is 0 Å². The summed E-state index contributed by atoms with van der Waals surface area (Å²) in [5.41, 5.74) is 8.16. The monoisotopic (exact) mass is 344 g/mol. The summed E-state index contributed by atoms with van der Waals surface area (Å²) in [6, 6.07) is 6.16. The third kappa shape index (κ3) is 5.40. The van der Waals surface area contributed by atoms with Crippen molar-refractivity contribution in [3.05, 3.63) is 28.2 Å². The van der Waals surface area contributed by atoms with E-state index in [1.54, 1.807) is 0 Å². The molecule has 2 N–H and O–H groups in total. The Balaban J connectivity index is 2.81. The van der Waals surface area contributed by atoms with Crippen LogP contribution in [-0.2, 0) is 16.0 Å². The topological polar surface area (TPSA) is 47.7 Å². The van der Waals surface area contributed by atoms with E-state index in [1.807, 2.05) is 26.0 Å². The number of anilines is 1. The van der Waals surface area contributed by atoms with E-state index in [4.69, 9.17) is 15.2 Å². The average Bonchev–Trinajstić information content (AvgIpc) is 2.46. The maximum absolute atomic E-state index is 5.88. The Morgan fingerprint density at radius 2 is 1.70 bits per heavy atom. The number of rotatable bonds is 10. The molecule has 114 valence electrons. The summed E-state index contributed by atoms with van der Waals surface area (Å²) < 4.78 is 12.0. The molecule has 20 heavy (non-hydrogen) atoms. The lowest BCUT2D eigenvalue weighted by molar-refractivity contribution is 0.141. The average molecular weight is 345 g/mol. The van der Waals surface area contributed by atoms with Crippen LogP contribution < -0.4 is 10.6 Å². The zero-order valence-corrected chi connectivity index (χ0v) is 14.0. The second-order valence-electron chi connectivity index (χ2n) is 4.32. The van der Waals surface area contributed by atoms with Crippen LogP contribution in [0.15, 0.2) is 22.7 Å². The van der Waals surface area contributed by atoms with E-state index in [0.717, 1.165) is 42.0 Å². The summed E-state index contributed by atoms with van der Waals surface area (Å²) in [4.78, 5) is 2.28. The van der Waals surface area contributed by atoms with Gasteiger partial charge < -0.3 is 20.1 Å². The number of benzene rings is 1. The number of nitrogens with zero attached hydrogens (tertiary/aromatic N) is 1. The summed E-state index contributed by atoms with van der Waals surface area (Å²) in [5.74, 6) is 0. The molecule has 0 atom stereocenters. The van der Waals surface area contributed by atoms with Crippen LogP contribution >= 0.6 is 15.9 Å². The summed E-state index contributed by atoms with van der Waals surface area (Å²) in [6.45, 7) is 9.09. The molecule has 0 saturated heterocycles. The van der Waals surface area contributed by atoms with E-state index in [9.17, 15) is 0 Å². The molecule has 1 aromatic carbocycles. The van der Waals surface area contributed by atoms with E-state index in [-0.39, 0.29) is 0 Å². The number of halogens is 1. The van der Waals surface area contributed by atoms with E-state index in [2.05, 4.69) is 26.9 Å². The highest BCUT2D eigenvalue weighted by Crippen LogP contribution is 2.27. The van der Waals surface area contributed by atoms with Gasteiger partial charge in [-0.05, 0) is 26.0 Å². The molecular formula is C15H25BrN2O2. The summed E-state index contributed by atoms with van der Waals surface area (Å²) in [5, 5.41) is 0. The molecule has 0 aromatic heterocycles. The van der Waals surface area contributed by atoms with Crippen molar-refractivity contribution < 1.29 is 9.47 Å². The molecule has 0 heterocycles. The van der Waals surface area contributed by atoms with Gasteiger partial charge in [0.05, 0.1) is 13.2 Å². The minimum absolute atomic E-state index is 0.510. The van der Waals surface area contributed by atoms with Gasteiger partial charge in [-0.3, -0.25) is 0 Å². The standard InChI is InChI=1S/C15H25BrN2O2/c1-3-19-10-8-18(9-11-20-4-2)15-7-5-6-14(16)13(15)12-17/h5-7H,3-4,8-12,17H2,1-2H3. The predicted molar refractivity (Wildman–Crippen MR) is 87.2 cm³/mol. The summed E-state index contributed by atoms with van der Waals surface area (Å²) >= 11 is 3.57. The van der Waals surface area contributed by atoms with Crippen molar-refractivity contribution in [3.63, 3.8) is 0 Å². The predicted octanol–water partition coefficient (Wildman–Crippen LogP) is 2.79. The molecular weight excluding hydrogens is 320 g/mol. The Morgan fingerprint density at radius 1 is 1.10 bits per heavy atom. The minimum atomic E-state index is 0.510. The highest BCUT2D eigenvalue weighted by molar-refractivity contribution is 9.10. The Morgan fingerprint density at radius 3 is 2.20 bits per heavy atom. The highest BCUT2D eigenvalue weighted by atomic mass is 79.9. The zero-order valence-electron chi connectivity index (χ0n) is 12.4. The maximum Gasteiger partial charge on any atom is 0.0641 e. The number of hydrogen-bond donors (Lipinski definition) is 1. The molecule has 0 aliphatic heterocycles. The van der Waals surface area contributed by atoms with E-state index in [1.165, 1.54) is 0 Å². The number of hydrogen-bond acceptors (Lipinski definition) is 4. The van der Waals surface area contributed by atoms with Gasteiger partial charge in [-0.2, -0.15) is 0 Å². The Labute approximate surface area is 130 Å². The normalized spacial score (nSPS) is 10.8. The molecule has 5 heteroatoms. The third-order valence-electron chi connectivity index (χ3n) is 3.06. The lowest BCUT2D eigenvalue weighted by Crippen LogP contribution is -2.32. The van der Waals surface area contributed by atoms with Gasteiger partial charge in [-0.1, -0.05) is 22.0 Å². The fourth-order valence-corrected chi connectivity index (χ4v) is 2.55. The summed E-state index contributed by atoms with van der Waals surface area (Å²) in [6.07, 6.45) is 0. The van der Waals surface area contributed by atoms with Gasteiger partial charge in [-0.15, -0.1) is 0 Å². The lowest BCUT2D eigenvalue weighted by Gasteiger charge is -2.27. The van der Waals surface area contributed by atoms with Crippen LogP contribution in [0.25, 0.3) is 0 Å². The van der Waals surface area contributed by atoms with Crippen LogP contribution in [0.4, 0.5) is 5.69 Å². The van der Waals surface area contributed by atoms with E-state index < -0.39 is 0 Å². The first-order valence-electron chi connectivity index (χ1n) is 7.12. The molecule has 0 aliphatic rings. The Kier molecular flexibility index (Phi) is 8.85. The van der Waals surface area contributed by atoms with Crippen molar-refractivity contribution in [1.29, 1.82) is 0 Å². The molecule has 0 spiro atoms. The van der Waals surface area contributed by atoms with Crippen molar-refractivity contribution in [2.75, 3.05) is 44.4 Å². The fourth-order valence-electron chi connectivity index (χ4n) is 2.04. The molecule has 0 unspecified atom stereocenters. The Bertz CT molecular complexity index is 378. The van der Waals surface area contributed by atoms with Crippen LogP contribution in [0, 0.1) is 0 Å². The molecule has 4 nitrogen and oxygen atoms in total. The molecule has 0 fully saturated rings. The van der Waals surface area contributed by atoms with Crippen LogP contribution in [0.2, 0.25) is 0 Å². The van der Waals surface area contributed by atoms with Crippen LogP contribution in [-0.4, -0.2) is 39.5 Å². The van der Waals surface area contributed by atoms with Crippen LogP contribution in [0.1, 0.15) is 19.4 Å². The van der Waals surface area contributed by atoms with Crippen molar-refractivity contribution >= 4 is 21.6 Å². The number of ether oxygens (including phenoxy) is 2. The molecule has 0 amide bonds. The first kappa shape index (κ1) is 17.4. The van der Waals surface area contributed by atoms with Gasteiger partial charge in [0.2, 0.25) is 0 Å². The summed E-state index contributed by atoms with van der Waals surface area (Å²) in [7, 11) is 0. The maximum atomic E-state index is 5.88. The molecule has 1 aromatic rings. The van der Waals surface area contributed by atoms with Crippen LogP contribution in [0.3, 0.4) is 0 Å². The van der Waals surface area contributed by atoms with Crippen LogP contribution in [0.5, 0.6) is 0 Å². The quantitative estimate of drug-likeness (QED) is 0.663. The first-order valence-corrected chi connectivity index (χ1v) is 7.91. The Hall–Kier alpha value is -0.620. The van der Waals surface area contributed by atoms with Gasteiger partial charge in [0.15, 0.2) is 0 Å². The van der Waals surface area contributed by atoms with E-state index in [0.29, 0.717) is 19.8 Å². The SMILES string of the molecule is CCOCCN(CCOCC)c1cccc(Br)c1CN. The third-order valence-corrected chi connectivity index (χ3v) is 3.80. The van der Waals surface area contributed by atoms with Gasteiger partial charge in [0.25, 0.3) is 0 Å². The fraction of sp³-hybridized carbons (Fsp3) is 0.600. The van der Waals surface area contributed by atoms with Crippen molar-refractivity contribution in [2.24, 2.45) is 5.73 Å². The lowest BCUT2D eigenvalue weighted by atomic mass is 10.1. The largest absolute Gasteiger partial charge is 0.380 e. The second kappa shape index (κ2) is 10.2. The van der Waals surface area contributed by atoms with Gasteiger partial charge in [0.1, 0.15) is 0 Å². The highest BCUT2D eigenvalue weighted by Gasteiger charge is 2.12. The second-order valence-corrected chi connectivity index (χ2v) is 5.18.